The van der Waals surface area contributed by atoms with Crippen molar-refractivity contribution in [1.82, 2.24) is 5.48 Å². The Balaban J connectivity index is 2.15. The summed E-state index contributed by atoms with van der Waals surface area (Å²) in [4.78, 5) is 15.8. The van der Waals surface area contributed by atoms with Gasteiger partial charge in [0.25, 0.3) is 0 Å². The second-order valence-electron chi connectivity index (χ2n) is 3.44. The molecule has 84 valence electrons. The lowest BCUT2D eigenvalue weighted by Gasteiger charge is -2.02. The molecule has 0 radical (unpaired) electrons. The van der Waals surface area contributed by atoms with Crippen LogP contribution in [0.5, 0.6) is 0 Å². The maximum Gasteiger partial charge on any atom is 0.353 e. The molecule has 2 rings (SSSR count). The Morgan fingerprint density at radius 3 is 2.81 bits per heavy atom. The molecule has 16 heavy (non-hydrogen) atoms. The molecule has 1 aliphatic heterocycles. The van der Waals surface area contributed by atoms with Crippen LogP contribution in [-0.4, -0.2) is 18.1 Å². The highest BCUT2D eigenvalue weighted by molar-refractivity contribution is 6.32. The molecule has 2 atom stereocenters. The van der Waals surface area contributed by atoms with Crippen molar-refractivity contribution in [2.24, 2.45) is 10.2 Å². The molecule has 0 saturated carbocycles. The molecule has 0 aliphatic carbocycles. The first-order valence-corrected chi connectivity index (χ1v) is 5.18. The minimum atomic E-state index is -0.615. The van der Waals surface area contributed by atoms with Crippen LogP contribution >= 0.6 is 11.6 Å². The fourth-order valence-corrected chi connectivity index (χ4v) is 1.46. The largest absolute Gasteiger partial charge is 0.368 e. The molecular weight excluding hydrogens is 230 g/mol. The Hall–Kier alpha value is -1.46. The molecule has 1 saturated heterocycles. The number of benzene rings is 1. The van der Waals surface area contributed by atoms with E-state index in [1.54, 1.807) is 31.2 Å². The summed E-state index contributed by atoms with van der Waals surface area (Å²) in [5.41, 5.74) is 3.07. The highest BCUT2D eigenvalue weighted by Gasteiger charge is 2.34. The van der Waals surface area contributed by atoms with E-state index in [1.165, 1.54) is 0 Å². The quantitative estimate of drug-likeness (QED) is 0.805. The normalized spacial score (nSPS) is 25.0. The second kappa shape index (κ2) is 4.59. The maximum atomic E-state index is 11.2. The second-order valence-corrected chi connectivity index (χ2v) is 3.85. The predicted octanol–water partition coefficient (Wildman–Crippen LogP) is 2.24. The van der Waals surface area contributed by atoms with Crippen molar-refractivity contribution in [3.05, 3.63) is 29.3 Å². The number of hydrogen-bond donors (Lipinski definition) is 1. The Morgan fingerprint density at radius 1 is 1.44 bits per heavy atom. The van der Waals surface area contributed by atoms with Crippen molar-refractivity contribution in [2.45, 2.75) is 19.0 Å². The van der Waals surface area contributed by atoms with E-state index in [9.17, 15) is 4.79 Å². The molecule has 5 nitrogen and oxygen atoms in total. The standard InChI is InChI=1S/C10H10ClN3O2/c1-6-9(10(15)16-14-6)13-12-8-5-3-2-4-7(8)11/h2-6,9,14H,1H3/t6-,9+/m1/s1. The molecule has 0 spiro atoms. The third kappa shape index (κ3) is 2.20. The third-order valence-electron chi connectivity index (χ3n) is 2.20. The van der Waals surface area contributed by atoms with Gasteiger partial charge in [0.1, 0.15) is 5.69 Å². The number of carbonyl (C=O) groups is 1. The highest BCUT2D eigenvalue weighted by atomic mass is 35.5. The molecule has 0 aromatic heterocycles. The highest BCUT2D eigenvalue weighted by Crippen LogP contribution is 2.24. The lowest BCUT2D eigenvalue weighted by atomic mass is 10.2. The van der Waals surface area contributed by atoms with E-state index in [1.807, 2.05) is 0 Å². The fourth-order valence-electron chi connectivity index (χ4n) is 1.28. The van der Waals surface area contributed by atoms with E-state index in [2.05, 4.69) is 20.5 Å². The van der Waals surface area contributed by atoms with Gasteiger partial charge in [-0.2, -0.15) is 10.2 Å². The van der Waals surface area contributed by atoms with Crippen molar-refractivity contribution >= 4 is 23.3 Å². The van der Waals surface area contributed by atoms with Crippen molar-refractivity contribution in [1.29, 1.82) is 0 Å². The van der Waals surface area contributed by atoms with Gasteiger partial charge in [-0.3, -0.25) is 0 Å². The van der Waals surface area contributed by atoms with Crippen molar-refractivity contribution in [3.8, 4) is 0 Å². The number of azo groups is 1. The summed E-state index contributed by atoms with van der Waals surface area (Å²) in [6.45, 7) is 1.79. The number of rotatable bonds is 2. The van der Waals surface area contributed by atoms with Crippen LogP contribution in [0, 0.1) is 0 Å². The molecule has 1 aliphatic rings. The number of carbonyl (C=O) groups excluding carboxylic acids is 1. The molecule has 0 unspecified atom stereocenters. The van der Waals surface area contributed by atoms with E-state index in [-0.39, 0.29) is 6.04 Å². The molecule has 6 heteroatoms. The van der Waals surface area contributed by atoms with E-state index < -0.39 is 12.0 Å². The molecule has 1 fully saturated rings. The summed E-state index contributed by atoms with van der Waals surface area (Å²) in [6.07, 6.45) is 0. The summed E-state index contributed by atoms with van der Waals surface area (Å²) < 4.78 is 0. The molecule has 1 heterocycles. The number of halogens is 1. The van der Waals surface area contributed by atoms with E-state index >= 15 is 0 Å². The van der Waals surface area contributed by atoms with Gasteiger partial charge in [-0.05, 0) is 19.1 Å². The number of nitrogens with zero attached hydrogens (tertiary/aromatic N) is 2. The van der Waals surface area contributed by atoms with Crippen LogP contribution in [0.3, 0.4) is 0 Å². The lowest BCUT2D eigenvalue weighted by Crippen LogP contribution is -2.26. The summed E-state index contributed by atoms with van der Waals surface area (Å²) in [7, 11) is 0. The summed E-state index contributed by atoms with van der Waals surface area (Å²) >= 11 is 5.90. The Labute approximate surface area is 97.4 Å². The molecule has 1 aromatic rings. The first kappa shape index (κ1) is 11.0. The topological polar surface area (TPSA) is 63.0 Å². The van der Waals surface area contributed by atoms with Gasteiger partial charge in [-0.25, -0.2) is 4.79 Å². The average molecular weight is 240 g/mol. The Kier molecular flexibility index (Phi) is 3.17. The summed E-state index contributed by atoms with van der Waals surface area (Å²) in [6, 6.07) is 6.24. The zero-order valence-corrected chi connectivity index (χ0v) is 9.31. The van der Waals surface area contributed by atoms with Gasteiger partial charge < -0.3 is 4.84 Å². The lowest BCUT2D eigenvalue weighted by molar-refractivity contribution is -0.143. The zero-order valence-electron chi connectivity index (χ0n) is 8.55. The van der Waals surface area contributed by atoms with Gasteiger partial charge >= 0.3 is 5.97 Å². The van der Waals surface area contributed by atoms with Crippen molar-refractivity contribution in [3.63, 3.8) is 0 Å². The number of nitrogens with one attached hydrogen (secondary N) is 1. The van der Waals surface area contributed by atoms with Crippen LogP contribution in [-0.2, 0) is 9.63 Å². The van der Waals surface area contributed by atoms with Gasteiger partial charge in [0.05, 0.1) is 11.1 Å². The predicted molar refractivity (Wildman–Crippen MR) is 58.4 cm³/mol. The summed E-state index contributed by atoms with van der Waals surface area (Å²) in [5.74, 6) is -0.427. The van der Waals surface area contributed by atoms with Gasteiger partial charge in [-0.1, -0.05) is 23.7 Å². The molecule has 0 bridgehead atoms. The first-order valence-electron chi connectivity index (χ1n) is 4.80. The van der Waals surface area contributed by atoms with Crippen LogP contribution in [0.4, 0.5) is 5.69 Å². The molecule has 1 aromatic carbocycles. The number of hydrogen-bond acceptors (Lipinski definition) is 5. The van der Waals surface area contributed by atoms with Crippen molar-refractivity contribution in [2.75, 3.05) is 0 Å². The van der Waals surface area contributed by atoms with Gasteiger partial charge in [0.2, 0.25) is 0 Å². The maximum absolute atomic E-state index is 11.2. The third-order valence-corrected chi connectivity index (χ3v) is 2.52. The molecular formula is C10H10ClN3O2. The molecule has 1 N–H and O–H groups in total. The zero-order chi connectivity index (χ0) is 11.5. The van der Waals surface area contributed by atoms with Crippen LogP contribution in [0.15, 0.2) is 34.5 Å². The summed E-state index contributed by atoms with van der Waals surface area (Å²) in [5, 5.41) is 8.36. The fraction of sp³-hybridized carbons (Fsp3) is 0.300. The van der Waals surface area contributed by atoms with Crippen LogP contribution < -0.4 is 5.48 Å². The minimum absolute atomic E-state index is 0.182. The average Bonchev–Trinajstić information content (AvgIpc) is 2.58. The number of hydroxylamine groups is 1. The van der Waals surface area contributed by atoms with Gasteiger partial charge in [0.15, 0.2) is 6.04 Å². The molecule has 0 amide bonds. The van der Waals surface area contributed by atoms with Crippen LogP contribution in [0.25, 0.3) is 0 Å². The van der Waals surface area contributed by atoms with Crippen LogP contribution in [0.2, 0.25) is 5.02 Å². The minimum Gasteiger partial charge on any atom is -0.368 e. The van der Waals surface area contributed by atoms with E-state index in [0.717, 1.165) is 0 Å². The Bertz CT molecular complexity index is 436. The van der Waals surface area contributed by atoms with Crippen molar-refractivity contribution < 1.29 is 9.63 Å². The first-order chi connectivity index (χ1) is 7.68. The smallest absolute Gasteiger partial charge is 0.353 e. The monoisotopic (exact) mass is 239 g/mol. The van der Waals surface area contributed by atoms with Gasteiger partial charge in [-0.15, -0.1) is 5.48 Å². The van der Waals surface area contributed by atoms with E-state index in [4.69, 9.17) is 11.6 Å². The van der Waals surface area contributed by atoms with Crippen LogP contribution in [0.1, 0.15) is 6.92 Å². The Morgan fingerprint density at radius 2 is 2.19 bits per heavy atom. The van der Waals surface area contributed by atoms with Gasteiger partial charge in [0, 0.05) is 0 Å². The SMILES string of the molecule is C[C@H]1NOC(=O)[C@H]1N=Nc1ccccc1Cl. The van der Waals surface area contributed by atoms with E-state index in [0.29, 0.717) is 10.7 Å².